The van der Waals surface area contributed by atoms with Gasteiger partial charge in [0.1, 0.15) is 0 Å². The lowest BCUT2D eigenvalue weighted by atomic mass is 10.1. The predicted molar refractivity (Wildman–Crippen MR) is 128 cm³/mol. The third-order valence-corrected chi connectivity index (χ3v) is 5.68. The van der Waals surface area contributed by atoms with E-state index in [2.05, 4.69) is 5.32 Å². The average Bonchev–Trinajstić information content (AvgIpc) is 2.84. The Hall–Kier alpha value is -3.98. The lowest BCUT2D eigenvalue weighted by Gasteiger charge is -2.07. The van der Waals surface area contributed by atoms with E-state index in [1.165, 1.54) is 24.3 Å². The number of rotatable bonds is 11. The topological polar surface area (TPSA) is 116 Å². The summed E-state index contributed by atoms with van der Waals surface area (Å²) in [6.07, 6.45) is 0.401. The fraction of sp³-hybridized carbons (Fsp3) is 0.160. The van der Waals surface area contributed by atoms with Crippen molar-refractivity contribution in [3.05, 3.63) is 94.5 Å². The summed E-state index contributed by atoms with van der Waals surface area (Å²) in [6.45, 7) is -0.462. The number of carbonyl (C=O) groups excluding carboxylic acids is 3. The number of non-ortho nitro benzene ring substituents is 1. The number of amides is 1. The molecule has 0 aliphatic heterocycles. The van der Waals surface area contributed by atoms with E-state index in [0.717, 1.165) is 9.79 Å². The van der Waals surface area contributed by atoms with Gasteiger partial charge in [0.2, 0.25) is 5.91 Å². The smallest absolute Gasteiger partial charge is 0.306 e. The summed E-state index contributed by atoms with van der Waals surface area (Å²) in [7, 11) is 0. The van der Waals surface area contributed by atoms with Gasteiger partial charge in [-0.2, -0.15) is 0 Å². The quantitative estimate of drug-likeness (QED) is 0.172. The normalized spacial score (nSPS) is 10.4. The zero-order chi connectivity index (χ0) is 24.3. The number of benzene rings is 3. The van der Waals surface area contributed by atoms with Crippen LogP contribution in [0.5, 0.6) is 0 Å². The monoisotopic (exact) mass is 478 g/mol. The molecule has 3 rings (SSSR count). The molecule has 0 atom stereocenters. The second-order valence-corrected chi connectivity index (χ2v) is 8.38. The highest BCUT2D eigenvalue weighted by Crippen LogP contribution is 2.28. The minimum absolute atomic E-state index is 0.00633. The number of ketones is 1. The zero-order valence-electron chi connectivity index (χ0n) is 18.1. The molecule has 0 aromatic heterocycles. The van der Waals surface area contributed by atoms with Crippen LogP contribution in [0.2, 0.25) is 0 Å². The lowest BCUT2D eigenvalue weighted by Crippen LogP contribution is -2.15. The van der Waals surface area contributed by atoms with Crippen LogP contribution in [0.25, 0.3) is 0 Å². The second-order valence-electron chi connectivity index (χ2n) is 7.23. The number of nitrogens with zero attached hydrogens (tertiary/aromatic N) is 1. The van der Waals surface area contributed by atoms with Gasteiger partial charge in [-0.05, 0) is 55.0 Å². The summed E-state index contributed by atoms with van der Waals surface area (Å²) in [4.78, 5) is 48.3. The van der Waals surface area contributed by atoms with E-state index >= 15 is 0 Å². The Morgan fingerprint density at radius 2 is 1.50 bits per heavy atom. The first-order valence-electron chi connectivity index (χ1n) is 10.5. The molecule has 1 amide bonds. The summed E-state index contributed by atoms with van der Waals surface area (Å²) >= 11 is 1.62. The Kier molecular flexibility index (Phi) is 8.93. The number of hydrogen-bond acceptors (Lipinski definition) is 7. The van der Waals surface area contributed by atoms with Crippen LogP contribution in [0.3, 0.4) is 0 Å². The van der Waals surface area contributed by atoms with Crippen LogP contribution >= 0.6 is 11.8 Å². The molecule has 0 radical (unpaired) electrons. The van der Waals surface area contributed by atoms with Gasteiger partial charge in [-0.15, -0.1) is 0 Å². The number of nitro groups is 1. The summed E-state index contributed by atoms with van der Waals surface area (Å²) in [5.74, 6) is -1.28. The minimum atomic E-state index is -0.592. The van der Waals surface area contributed by atoms with E-state index in [1.807, 2.05) is 54.6 Å². The van der Waals surface area contributed by atoms with Gasteiger partial charge in [0.25, 0.3) is 5.69 Å². The van der Waals surface area contributed by atoms with E-state index in [-0.39, 0.29) is 36.4 Å². The van der Waals surface area contributed by atoms with Gasteiger partial charge < -0.3 is 10.1 Å². The minimum Gasteiger partial charge on any atom is -0.457 e. The zero-order valence-corrected chi connectivity index (χ0v) is 19.0. The van der Waals surface area contributed by atoms with E-state index in [1.54, 1.807) is 11.8 Å². The molecule has 0 saturated heterocycles. The van der Waals surface area contributed by atoms with E-state index in [0.29, 0.717) is 5.69 Å². The molecular weight excluding hydrogens is 456 g/mol. The molecule has 0 heterocycles. The van der Waals surface area contributed by atoms with Gasteiger partial charge in [-0.3, -0.25) is 24.5 Å². The van der Waals surface area contributed by atoms with Gasteiger partial charge in [-0.1, -0.05) is 30.0 Å². The molecule has 0 bridgehead atoms. The highest BCUT2D eigenvalue weighted by atomic mass is 32.2. The van der Waals surface area contributed by atoms with E-state index in [9.17, 15) is 24.5 Å². The number of esters is 1. The van der Waals surface area contributed by atoms with Crippen LogP contribution in [-0.4, -0.2) is 29.2 Å². The standard InChI is InChI=1S/C25H22N2O6S/c28-23(18-9-13-20(14-10-18)27(31)32)17-33-25(30)8-4-7-24(29)26-19-11-15-22(16-12-19)34-21-5-2-1-3-6-21/h1-3,5-6,9-16H,4,7-8,17H2,(H,26,29). The molecule has 0 saturated carbocycles. The Morgan fingerprint density at radius 1 is 0.853 bits per heavy atom. The van der Waals surface area contributed by atoms with Crippen molar-refractivity contribution in [1.82, 2.24) is 0 Å². The molecule has 0 fully saturated rings. The van der Waals surface area contributed by atoms with Gasteiger partial charge >= 0.3 is 5.97 Å². The van der Waals surface area contributed by atoms with Crippen molar-refractivity contribution in [2.24, 2.45) is 0 Å². The van der Waals surface area contributed by atoms with Crippen molar-refractivity contribution in [3.8, 4) is 0 Å². The molecule has 0 spiro atoms. The Bertz CT molecular complexity index is 1150. The van der Waals surface area contributed by atoms with Gasteiger partial charge in [-0.25, -0.2) is 0 Å². The number of nitrogens with one attached hydrogen (secondary N) is 1. The fourth-order valence-corrected chi connectivity index (χ4v) is 3.76. The highest BCUT2D eigenvalue weighted by molar-refractivity contribution is 7.99. The molecule has 174 valence electrons. The van der Waals surface area contributed by atoms with Gasteiger partial charge in [0.15, 0.2) is 12.4 Å². The third-order valence-electron chi connectivity index (χ3n) is 4.67. The molecule has 34 heavy (non-hydrogen) atoms. The largest absolute Gasteiger partial charge is 0.457 e. The van der Waals surface area contributed by atoms with Crippen molar-refractivity contribution >= 4 is 40.8 Å². The third kappa shape index (κ3) is 7.86. The molecular formula is C25H22N2O6S. The highest BCUT2D eigenvalue weighted by Gasteiger charge is 2.13. The average molecular weight is 479 g/mol. The Labute approximate surface area is 200 Å². The first-order valence-corrected chi connectivity index (χ1v) is 11.3. The number of ether oxygens (including phenoxy) is 1. The molecule has 0 aliphatic rings. The maximum atomic E-state index is 12.1. The molecule has 8 nitrogen and oxygen atoms in total. The second kappa shape index (κ2) is 12.3. The first-order chi connectivity index (χ1) is 16.4. The summed E-state index contributed by atoms with van der Waals surface area (Å²) < 4.78 is 4.94. The number of hydrogen-bond donors (Lipinski definition) is 1. The molecule has 0 unspecified atom stereocenters. The van der Waals surface area contributed by atoms with E-state index in [4.69, 9.17) is 4.74 Å². The number of Topliss-reactive ketones (excluding diaryl/α,β-unsaturated/α-hetero) is 1. The van der Waals surface area contributed by atoms with Gasteiger partial charge in [0.05, 0.1) is 4.92 Å². The first kappa shape index (κ1) is 24.7. The molecule has 0 aliphatic carbocycles. The van der Waals surface area contributed by atoms with Crippen LogP contribution < -0.4 is 5.32 Å². The van der Waals surface area contributed by atoms with Crippen LogP contribution in [0.4, 0.5) is 11.4 Å². The van der Waals surface area contributed by atoms with Crippen LogP contribution in [0.1, 0.15) is 29.6 Å². The van der Waals surface area contributed by atoms with E-state index < -0.39 is 23.3 Å². The molecule has 3 aromatic carbocycles. The molecule has 3 aromatic rings. The van der Waals surface area contributed by atoms with Crippen LogP contribution in [0, 0.1) is 10.1 Å². The summed E-state index contributed by atoms with van der Waals surface area (Å²) in [5, 5.41) is 13.4. The Morgan fingerprint density at radius 3 is 2.15 bits per heavy atom. The number of carbonyl (C=O) groups is 3. The summed E-state index contributed by atoms with van der Waals surface area (Å²) in [6, 6.07) is 22.5. The van der Waals surface area contributed by atoms with Crippen molar-refractivity contribution in [3.63, 3.8) is 0 Å². The van der Waals surface area contributed by atoms with Crippen molar-refractivity contribution in [1.29, 1.82) is 0 Å². The number of anilines is 1. The van der Waals surface area contributed by atoms with Crippen molar-refractivity contribution < 1.29 is 24.0 Å². The van der Waals surface area contributed by atoms with Crippen LogP contribution in [-0.2, 0) is 14.3 Å². The number of nitro benzene ring substituents is 1. The fourth-order valence-electron chi connectivity index (χ4n) is 2.92. The van der Waals surface area contributed by atoms with Crippen molar-refractivity contribution in [2.75, 3.05) is 11.9 Å². The maximum Gasteiger partial charge on any atom is 0.306 e. The van der Waals surface area contributed by atoms with Crippen molar-refractivity contribution in [2.45, 2.75) is 29.1 Å². The maximum absolute atomic E-state index is 12.1. The Balaban J connectivity index is 1.34. The predicted octanol–water partition coefficient (Wildman–Crippen LogP) is 5.28. The molecule has 1 N–H and O–H groups in total. The van der Waals surface area contributed by atoms with Gasteiger partial charge in [0, 0.05) is 46.0 Å². The van der Waals surface area contributed by atoms with Crippen LogP contribution in [0.15, 0.2) is 88.7 Å². The SMILES string of the molecule is O=C(CCCC(=O)OCC(=O)c1ccc([N+](=O)[O-])cc1)Nc1ccc(Sc2ccccc2)cc1. The summed E-state index contributed by atoms with van der Waals surface area (Å²) in [5.41, 5.74) is 0.749. The molecule has 9 heteroatoms. The lowest BCUT2D eigenvalue weighted by molar-refractivity contribution is -0.384.